The van der Waals surface area contributed by atoms with Gasteiger partial charge in [-0.1, -0.05) is 6.92 Å². The molecule has 0 spiro atoms. The average molecular weight is 297 g/mol. The van der Waals surface area contributed by atoms with Crippen LogP contribution in [-0.4, -0.2) is 59.1 Å². The maximum absolute atomic E-state index is 12.4. The van der Waals surface area contributed by atoms with Crippen LogP contribution in [-0.2, 0) is 23.0 Å². The van der Waals surface area contributed by atoms with Gasteiger partial charge in [-0.15, -0.1) is 0 Å². The second-order valence-corrected chi connectivity index (χ2v) is 5.71. The van der Waals surface area contributed by atoms with Gasteiger partial charge in [-0.05, 0) is 25.8 Å². The molecule has 6 nitrogen and oxygen atoms in total. The lowest BCUT2D eigenvalue weighted by Gasteiger charge is -2.24. The van der Waals surface area contributed by atoms with E-state index in [0.717, 1.165) is 17.0 Å². The minimum atomic E-state index is -0.655. The van der Waals surface area contributed by atoms with E-state index in [1.807, 2.05) is 32.5 Å². The quantitative estimate of drug-likeness (QED) is 0.804. The van der Waals surface area contributed by atoms with Crippen LogP contribution in [0.4, 0.5) is 0 Å². The number of amides is 1. The van der Waals surface area contributed by atoms with Crippen LogP contribution in [0.25, 0.3) is 0 Å². The Hall–Kier alpha value is -1.40. The Morgan fingerprint density at radius 3 is 2.57 bits per heavy atom. The summed E-state index contributed by atoms with van der Waals surface area (Å²) in [7, 11) is 5.15. The number of hydrogen-bond donors (Lipinski definition) is 1. The summed E-state index contributed by atoms with van der Waals surface area (Å²) in [6, 6.07) is 0. The molecule has 1 aromatic rings. The Bertz CT molecular complexity index is 485. The van der Waals surface area contributed by atoms with E-state index in [2.05, 4.69) is 5.10 Å². The number of likely N-dealkylation sites (N-methyl/N-ethyl adjacent to an activating group) is 1. The molecule has 1 amide bonds. The molecule has 0 saturated heterocycles. The van der Waals surface area contributed by atoms with Crippen LogP contribution in [0.5, 0.6) is 0 Å². The van der Waals surface area contributed by atoms with Crippen LogP contribution < -0.4 is 0 Å². The van der Waals surface area contributed by atoms with Crippen molar-refractivity contribution in [2.24, 2.45) is 13.0 Å². The minimum Gasteiger partial charge on any atom is -0.389 e. The van der Waals surface area contributed by atoms with Gasteiger partial charge in [0.25, 0.3) is 0 Å². The van der Waals surface area contributed by atoms with E-state index in [4.69, 9.17) is 4.74 Å². The zero-order valence-electron chi connectivity index (χ0n) is 13.9. The number of aromatic nitrogens is 2. The molecule has 1 N–H and O–H groups in total. The molecule has 21 heavy (non-hydrogen) atoms. The van der Waals surface area contributed by atoms with Crippen molar-refractivity contribution < 1.29 is 14.6 Å². The number of carbonyl (C=O) groups excluding carboxylic acids is 1. The van der Waals surface area contributed by atoms with E-state index >= 15 is 0 Å². The molecule has 120 valence electrons. The molecule has 0 saturated carbocycles. The lowest BCUT2D eigenvalue weighted by atomic mass is 9.98. The molecule has 0 aliphatic rings. The molecule has 0 radical (unpaired) electrons. The average Bonchev–Trinajstić information content (AvgIpc) is 2.64. The number of rotatable bonds is 7. The van der Waals surface area contributed by atoms with Gasteiger partial charge in [-0.3, -0.25) is 9.48 Å². The molecule has 0 aliphatic carbocycles. The molecule has 0 aromatic carbocycles. The maximum Gasteiger partial charge on any atom is 0.225 e. The highest BCUT2D eigenvalue weighted by molar-refractivity contribution is 5.78. The van der Waals surface area contributed by atoms with Crippen LogP contribution in [0.2, 0.25) is 0 Å². The fraction of sp³-hybridized carbons (Fsp3) is 0.733. The Kier molecular flexibility index (Phi) is 6.36. The number of methoxy groups -OCH3 is 1. The van der Waals surface area contributed by atoms with Crippen molar-refractivity contribution >= 4 is 5.91 Å². The number of ether oxygens (including phenoxy) is 1. The number of aliphatic hydroxyl groups excluding tert-OH is 1. The molecule has 0 aliphatic heterocycles. The van der Waals surface area contributed by atoms with Crippen molar-refractivity contribution in [3.05, 3.63) is 17.0 Å². The van der Waals surface area contributed by atoms with Crippen LogP contribution >= 0.6 is 0 Å². The summed E-state index contributed by atoms with van der Waals surface area (Å²) in [4.78, 5) is 13.9. The highest BCUT2D eigenvalue weighted by atomic mass is 16.5. The van der Waals surface area contributed by atoms with Gasteiger partial charge in [0.1, 0.15) is 0 Å². The largest absolute Gasteiger partial charge is 0.389 e. The van der Waals surface area contributed by atoms with Gasteiger partial charge in [0, 0.05) is 39.4 Å². The molecular weight excluding hydrogens is 270 g/mol. The van der Waals surface area contributed by atoms with Crippen LogP contribution in [0.1, 0.15) is 23.9 Å². The normalized spacial score (nSPS) is 14.0. The molecule has 1 rings (SSSR count). The van der Waals surface area contributed by atoms with Crippen molar-refractivity contribution in [2.45, 2.75) is 33.3 Å². The highest BCUT2D eigenvalue weighted by Gasteiger charge is 2.22. The number of hydrogen-bond acceptors (Lipinski definition) is 4. The SMILES string of the molecule is COCC(O)CN(C)C(=O)C(C)Cc1c(C)nn(C)c1C. The highest BCUT2D eigenvalue weighted by Crippen LogP contribution is 2.18. The van der Waals surface area contributed by atoms with E-state index in [1.54, 1.807) is 11.9 Å². The second-order valence-electron chi connectivity index (χ2n) is 5.71. The van der Waals surface area contributed by atoms with E-state index < -0.39 is 6.10 Å². The molecule has 1 aromatic heterocycles. The third-order valence-corrected chi connectivity index (χ3v) is 3.81. The second kappa shape index (κ2) is 7.56. The predicted octanol–water partition coefficient (Wildman–Crippen LogP) is 0.681. The molecule has 2 atom stereocenters. The Labute approximate surface area is 126 Å². The number of carbonyl (C=O) groups is 1. The van der Waals surface area contributed by atoms with E-state index in [-0.39, 0.29) is 25.0 Å². The lowest BCUT2D eigenvalue weighted by Crippen LogP contribution is -2.39. The van der Waals surface area contributed by atoms with Crippen molar-refractivity contribution in [2.75, 3.05) is 27.3 Å². The molecule has 2 unspecified atom stereocenters. The van der Waals surface area contributed by atoms with Crippen molar-refractivity contribution in [3.8, 4) is 0 Å². The Morgan fingerprint density at radius 2 is 2.10 bits per heavy atom. The molecular formula is C15H27N3O3. The van der Waals surface area contributed by atoms with E-state index in [9.17, 15) is 9.90 Å². The van der Waals surface area contributed by atoms with Crippen molar-refractivity contribution in [1.29, 1.82) is 0 Å². The monoisotopic (exact) mass is 297 g/mol. The summed E-state index contributed by atoms with van der Waals surface area (Å²) in [6.07, 6.45) is 0.00714. The zero-order chi connectivity index (χ0) is 16.2. The molecule has 0 bridgehead atoms. The zero-order valence-corrected chi connectivity index (χ0v) is 13.9. The molecule has 1 heterocycles. The van der Waals surface area contributed by atoms with Crippen LogP contribution in [0, 0.1) is 19.8 Å². The number of nitrogens with zero attached hydrogens (tertiary/aromatic N) is 3. The predicted molar refractivity (Wildman–Crippen MR) is 81.1 cm³/mol. The summed E-state index contributed by atoms with van der Waals surface area (Å²) in [5, 5.41) is 14.1. The van der Waals surface area contributed by atoms with Crippen LogP contribution in [0.3, 0.4) is 0 Å². The lowest BCUT2D eigenvalue weighted by molar-refractivity contribution is -0.135. The molecule has 6 heteroatoms. The third-order valence-electron chi connectivity index (χ3n) is 3.81. The molecule has 0 fully saturated rings. The first-order valence-electron chi connectivity index (χ1n) is 7.19. The van der Waals surface area contributed by atoms with Crippen LogP contribution in [0.15, 0.2) is 0 Å². The topological polar surface area (TPSA) is 67.6 Å². The number of aliphatic hydroxyl groups is 1. The first kappa shape index (κ1) is 17.7. The smallest absolute Gasteiger partial charge is 0.225 e. The van der Waals surface area contributed by atoms with E-state index in [0.29, 0.717) is 6.42 Å². The first-order valence-corrected chi connectivity index (χ1v) is 7.19. The summed E-state index contributed by atoms with van der Waals surface area (Å²) >= 11 is 0. The van der Waals surface area contributed by atoms with E-state index in [1.165, 1.54) is 7.11 Å². The van der Waals surface area contributed by atoms with Gasteiger partial charge in [-0.25, -0.2) is 0 Å². The Morgan fingerprint density at radius 1 is 1.48 bits per heavy atom. The van der Waals surface area contributed by atoms with Gasteiger partial charge in [-0.2, -0.15) is 5.10 Å². The summed E-state index contributed by atoms with van der Waals surface area (Å²) < 4.78 is 6.72. The van der Waals surface area contributed by atoms with Gasteiger partial charge >= 0.3 is 0 Å². The Balaban J connectivity index is 2.66. The fourth-order valence-electron chi connectivity index (χ4n) is 2.53. The van der Waals surface area contributed by atoms with Crippen molar-refractivity contribution in [3.63, 3.8) is 0 Å². The fourth-order valence-corrected chi connectivity index (χ4v) is 2.53. The summed E-state index contributed by atoms with van der Waals surface area (Å²) in [5.74, 6) is -0.126. The van der Waals surface area contributed by atoms with Crippen molar-refractivity contribution in [1.82, 2.24) is 14.7 Å². The van der Waals surface area contributed by atoms with Gasteiger partial charge in [0.05, 0.1) is 18.4 Å². The third kappa shape index (κ3) is 4.54. The minimum absolute atomic E-state index is 0.0211. The number of aryl methyl sites for hydroxylation is 2. The van der Waals surface area contributed by atoms with Gasteiger partial charge in [0.15, 0.2) is 0 Å². The first-order chi connectivity index (χ1) is 9.77. The summed E-state index contributed by atoms with van der Waals surface area (Å²) in [5.41, 5.74) is 3.19. The standard InChI is InChI=1S/C15H27N3O3/c1-10(7-14-11(2)16-18(5)12(14)3)15(20)17(4)8-13(19)9-21-6/h10,13,19H,7-9H2,1-6H3. The summed E-state index contributed by atoms with van der Waals surface area (Å²) in [6.45, 7) is 6.40. The van der Waals surface area contributed by atoms with Gasteiger partial charge < -0.3 is 14.7 Å². The maximum atomic E-state index is 12.4. The van der Waals surface area contributed by atoms with Gasteiger partial charge in [0.2, 0.25) is 5.91 Å².